The standard InChI is InChI=1S/C11H16N2O4S/c1-9-4-5-10(8-11(9)13(14)15)12-6-3-7-18(2,16)17/h4-5,8,12H,3,6-7H2,1-2H3. The van der Waals surface area contributed by atoms with Crippen LogP contribution in [0, 0.1) is 17.0 Å². The van der Waals surface area contributed by atoms with Crippen LogP contribution in [-0.2, 0) is 9.84 Å². The zero-order valence-corrected chi connectivity index (χ0v) is 11.2. The fourth-order valence-electron chi connectivity index (χ4n) is 1.48. The molecule has 0 aromatic heterocycles. The van der Waals surface area contributed by atoms with E-state index in [9.17, 15) is 18.5 Å². The van der Waals surface area contributed by atoms with E-state index in [2.05, 4.69) is 5.32 Å². The normalized spacial score (nSPS) is 11.2. The van der Waals surface area contributed by atoms with Crippen LogP contribution in [0.1, 0.15) is 12.0 Å². The van der Waals surface area contributed by atoms with Gasteiger partial charge in [0.15, 0.2) is 0 Å². The molecule has 100 valence electrons. The van der Waals surface area contributed by atoms with Crippen LogP contribution in [0.2, 0.25) is 0 Å². The van der Waals surface area contributed by atoms with Crippen molar-refractivity contribution in [3.8, 4) is 0 Å². The van der Waals surface area contributed by atoms with Crippen molar-refractivity contribution < 1.29 is 13.3 Å². The number of hydrogen-bond acceptors (Lipinski definition) is 5. The highest BCUT2D eigenvalue weighted by atomic mass is 32.2. The molecule has 0 bridgehead atoms. The van der Waals surface area contributed by atoms with Gasteiger partial charge in [-0.1, -0.05) is 6.07 Å². The Labute approximate surface area is 106 Å². The predicted molar refractivity (Wildman–Crippen MR) is 70.7 cm³/mol. The van der Waals surface area contributed by atoms with Crippen LogP contribution in [0.3, 0.4) is 0 Å². The SMILES string of the molecule is Cc1ccc(NCCCS(C)(=O)=O)cc1[N+](=O)[O-]. The van der Waals surface area contributed by atoms with Gasteiger partial charge in [0, 0.05) is 30.1 Å². The Balaban J connectivity index is 2.58. The monoisotopic (exact) mass is 272 g/mol. The number of nitrogens with zero attached hydrogens (tertiary/aromatic N) is 1. The van der Waals surface area contributed by atoms with Crippen molar-refractivity contribution in [2.45, 2.75) is 13.3 Å². The third-order valence-electron chi connectivity index (χ3n) is 2.43. The number of nitro benzene ring substituents is 1. The minimum Gasteiger partial charge on any atom is -0.385 e. The highest BCUT2D eigenvalue weighted by Gasteiger charge is 2.10. The summed E-state index contributed by atoms with van der Waals surface area (Å²) in [6.45, 7) is 2.14. The highest BCUT2D eigenvalue weighted by molar-refractivity contribution is 7.90. The lowest BCUT2D eigenvalue weighted by molar-refractivity contribution is -0.385. The summed E-state index contributed by atoms with van der Waals surface area (Å²) in [7, 11) is -2.96. The van der Waals surface area contributed by atoms with Crippen molar-refractivity contribution in [1.82, 2.24) is 0 Å². The zero-order chi connectivity index (χ0) is 13.8. The van der Waals surface area contributed by atoms with Crippen LogP contribution in [0.25, 0.3) is 0 Å². The van der Waals surface area contributed by atoms with Gasteiger partial charge in [-0.15, -0.1) is 0 Å². The molecule has 1 aromatic rings. The number of hydrogen-bond donors (Lipinski definition) is 1. The first-order valence-electron chi connectivity index (χ1n) is 5.46. The van der Waals surface area contributed by atoms with Gasteiger partial charge in [-0.05, 0) is 19.4 Å². The zero-order valence-electron chi connectivity index (χ0n) is 10.3. The van der Waals surface area contributed by atoms with Crippen molar-refractivity contribution in [2.24, 2.45) is 0 Å². The Kier molecular flexibility index (Phi) is 4.66. The largest absolute Gasteiger partial charge is 0.385 e. The maximum atomic E-state index is 10.9. The molecule has 0 aliphatic carbocycles. The van der Waals surface area contributed by atoms with Crippen LogP contribution in [-0.4, -0.2) is 31.9 Å². The molecule has 0 fully saturated rings. The molecule has 0 unspecified atom stereocenters. The number of anilines is 1. The van der Waals surface area contributed by atoms with Crippen molar-refractivity contribution in [3.05, 3.63) is 33.9 Å². The predicted octanol–water partition coefficient (Wildman–Crippen LogP) is 1.75. The third-order valence-corrected chi connectivity index (χ3v) is 3.46. The van der Waals surface area contributed by atoms with E-state index in [4.69, 9.17) is 0 Å². The summed E-state index contributed by atoms with van der Waals surface area (Å²) < 4.78 is 21.8. The summed E-state index contributed by atoms with van der Waals surface area (Å²) in [5, 5.41) is 13.7. The molecular weight excluding hydrogens is 256 g/mol. The fourth-order valence-corrected chi connectivity index (χ4v) is 2.15. The number of sulfone groups is 1. The number of benzene rings is 1. The Hall–Kier alpha value is -1.63. The smallest absolute Gasteiger partial charge is 0.274 e. The Morgan fingerprint density at radius 1 is 1.39 bits per heavy atom. The van der Waals surface area contributed by atoms with Crippen LogP contribution in [0.4, 0.5) is 11.4 Å². The maximum absolute atomic E-state index is 10.9. The molecule has 1 rings (SSSR count). The van der Waals surface area contributed by atoms with Crippen LogP contribution in [0.15, 0.2) is 18.2 Å². The number of nitrogens with one attached hydrogen (secondary N) is 1. The molecule has 0 atom stereocenters. The molecule has 6 nitrogen and oxygen atoms in total. The van der Waals surface area contributed by atoms with Gasteiger partial charge in [-0.25, -0.2) is 8.42 Å². The van der Waals surface area contributed by atoms with Crippen LogP contribution < -0.4 is 5.32 Å². The van der Waals surface area contributed by atoms with Crippen LogP contribution in [0.5, 0.6) is 0 Å². The summed E-state index contributed by atoms with van der Waals surface area (Å²) in [6, 6.07) is 4.86. The lowest BCUT2D eigenvalue weighted by Gasteiger charge is -2.06. The first kappa shape index (κ1) is 14.4. The summed E-state index contributed by atoms with van der Waals surface area (Å²) in [4.78, 5) is 10.3. The summed E-state index contributed by atoms with van der Waals surface area (Å²) in [5.74, 6) is 0.105. The van der Waals surface area contributed by atoms with Gasteiger partial charge in [0.05, 0.1) is 10.7 Å². The molecule has 7 heteroatoms. The molecule has 18 heavy (non-hydrogen) atoms. The third kappa shape index (κ3) is 4.70. The van der Waals surface area contributed by atoms with Gasteiger partial charge in [0.1, 0.15) is 9.84 Å². The van der Waals surface area contributed by atoms with Crippen molar-refractivity contribution >= 4 is 21.2 Å². The second-order valence-electron chi connectivity index (χ2n) is 4.17. The summed E-state index contributed by atoms with van der Waals surface area (Å²) in [5.41, 5.74) is 1.28. The molecule has 0 heterocycles. The molecule has 1 N–H and O–H groups in total. The lowest BCUT2D eigenvalue weighted by Crippen LogP contribution is -2.09. The van der Waals surface area contributed by atoms with Gasteiger partial charge in [0.25, 0.3) is 5.69 Å². The van der Waals surface area contributed by atoms with Gasteiger partial charge < -0.3 is 5.32 Å². The topological polar surface area (TPSA) is 89.3 Å². The lowest BCUT2D eigenvalue weighted by atomic mass is 10.2. The molecule has 1 aromatic carbocycles. The maximum Gasteiger partial charge on any atom is 0.274 e. The molecule has 0 amide bonds. The minimum absolute atomic E-state index is 0.0584. The van der Waals surface area contributed by atoms with Crippen molar-refractivity contribution in [3.63, 3.8) is 0 Å². The second kappa shape index (κ2) is 5.81. The number of aryl methyl sites for hydroxylation is 1. The molecular formula is C11H16N2O4S. The molecule has 0 aliphatic rings. The summed E-state index contributed by atoms with van der Waals surface area (Å²) >= 11 is 0. The van der Waals surface area contributed by atoms with E-state index in [1.165, 1.54) is 12.3 Å². The average molecular weight is 272 g/mol. The van der Waals surface area contributed by atoms with Crippen molar-refractivity contribution in [2.75, 3.05) is 23.9 Å². The van der Waals surface area contributed by atoms with Gasteiger partial charge in [-0.2, -0.15) is 0 Å². The van der Waals surface area contributed by atoms with E-state index < -0.39 is 14.8 Å². The van der Waals surface area contributed by atoms with E-state index in [0.29, 0.717) is 24.2 Å². The average Bonchev–Trinajstić information content (AvgIpc) is 2.24. The van der Waals surface area contributed by atoms with Gasteiger partial charge in [0.2, 0.25) is 0 Å². The fraction of sp³-hybridized carbons (Fsp3) is 0.455. The molecule has 0 spiro atoms. The summed E-state index contributed by atoms with van der Waals surface area (Å²) in [6.07, 6.45) is 1.66. The molecule has 0 aliphatic heterocycles. The minimum atomic E-state index is -2.96. The molecule has 0 radical (unpaired) electrons. The van der Waals surface area contributed by atoms with Crippen LogP contribution >= 0.6 is 0 Å². The van der Waals surface area contributed by atoms with Crippen molar-refractivity contribution in [1.29, 1.82) is 0 Å². The van der Waals surface area contributed by atoms with E-state index >= 15 is 0 Å². The first-order valence-corrected chi connectivity index (χ1v) is 7.52. The van der Waals surface area contributed by atoms with Gasteiger partial charge >= 0.3 is 0 Å². The van der Waals surface area contributed by atoms with E-state index in [-0.39, 0.29) is 11.4 Å². The van der Waals surface area contributed by atoms with Gasteiger partial charge in [-0.3, -0.25) is 10.1 Å². The first-order chi connectivity index (χ1) is 8.29. The number of rotatable bonds is 6. The van der Waals surface area contributed by atoms with E-state index in [1.807, 2.05) is 0 Å². The number of nitro groups is 1. The quantitative estimate of drug-likeness (QED) is 0.484. The Bertz CT molecular complexity index is 540. The molecule has 0 saturated heterocycles. The van der Waals surface area contributed by atoms with E-state index in [0.717, 1.165) is 0 Å². The Morgan fingerprint density at radius 2 is 2.06 bits per heavy atom. The second-order valence-corrected chi connectivity index (χ2v) is 6.43. The van der Waals surface area contributed by atoms with E-state index in [1.54, 1.807) is 19.1 Å². The highest BCUT2D eigenvalue weighted by Crippen LogP contribution is 2.22. The molecule has 0 saturated carbocycles. The Morgan fingerprint density at radius 3 is 2.61 bits per heavy atom.